The first kappa shape index (κ1) is 21.7. The predicted molar refractivity (Wildman–Crippen MR) is 109 cm³/mol. The first-order valence-corrected chi connectivity index (χ1v) is 8.93. The van der Waals surface area contributed by atoms with E-state index >= 15 is 0 Å². The van der Waals surface area contributed by atoms with E-state index in [1.807, 2.05) is 32.0 Å². The summed E-state index contributed by atoms with van der Waals surface area (Å²) in [6.45, 7) is 3.47. The van der Waals surface area contributed by atoms with Crippen LogP contribution in [-0.4, -0.2) is 49.9 Å². The number of nitrogens with one attached hydrogen (secondary N) is 1. The average molecular weight is 399 g/mol. The van der Waals surface area contributed by atoms with Crippen molar-refractivity contribution in [2.24, 2.45) is 5.73 Å². The standard InChI is InChI=1S/C21H25N3O5/c1-13-6-5-7-16(14(13)2)23-20(26)11-24(3)21(27)15-8-9-17(18(10-15)28-4)29-12-19(22)25/h5-10H,11-12H2,1-4H3,(H2,22,25)(H,23,26). The molecule has 0 unspecified atom stereocenters. The number of anilines is 1. The normalized spacial score (nSPS) is 10.2. The van der Waals surface area contributed by atoms with Gasteiger partial charge in [-0.2, -0.15) is 0 Å². The monoisotopic (exact) mass is 399 g/mol. The van der Waals surface area contributed by atoms with Crippen LogP contribution in [0.4, 0.5) is 5.69 Å². The minimum Gasteiger partial charge on any atom is -0.493 e. The zero-order chi connectivity index (χ0) is 21.6. The van der Waals surface area contributed by atoms with Crippen molar-refractivity contribution in [3.05, 3.63) is 53.1 Å². The number of ether oxygens (including phenoxy) is 2. The molecule has 8 nitrogen and oxygen atoms in total. The number of hydrogen-bond donors (Lipinski definition) is 2. The molecule has 0 aliphatic heterocycles. The summed E-state index contributed by atoms with van der Waals surface area (Å²) < 4.78 is 10.5. The van der Waals surface area contributed by atoms with Gasteiger partial charge in [-0.3, -0.25) is 14.4 Å². The van der Waals surface area contributed by atoms with Crippen molar-refractivity contribution in [3.8, 4) is 11.5 Å². The first-order valence-electron chi connectivity index (χ1n) is 8.93. The number of hydrogen-bond acceptors (Lipinski definition) is 5. The molecule has 0 saturated carbocycles. The molecular formula is C21H25N3O5. The number of aryl methyl sites for hydroxylation is 1. The zero-order valence-corrected chi connectivity index (χ0v) is 16.9. The molecule has 0 bridgehead atoms. The average Bonchev–Trinajstić information content (AvgIpc) is 2.69. The molecule has 2 aromatic rings. The van der Waals surface area contributed by atoms with Crippen LogP contribution < -0.4 is 20.5 Å². The molecule has 8 heteroatoms. The van der Waals surface area contributed by atoms with Crippen molar-refractivity contribution in [1.82, 2.24) is 4.90 Å². The number of carbonyl (C=O) groups is 3. The molecule has 0 saturated heterocycles. The van der Waals surface area contributed by atoms with Crippen LogP contribution in [0.25, 0.3) is 0 Å². The SMILES string of the molecule is COc1cc(C(=O)N(C)CC(=O)Nc2cccc(C)c2C)ccc1OCC(N)=O. The summed E-state index contributed by atoms with van der Waals surface area (Å²) in [5, 5.41) is 2.83. The molecule has 2 rings (SSSR count). The summed E-state index contributed by atoms with van der Waals surface area (Å²) >= 11 is 0. The molecular weight excluding hydrogens is 374 g/mol. The Bertz CT molecular complexity index is 927. The second-order valence-electron chi connectivity index (χ2n) is 6.58. The van der Waals surface area contributed by atoms with Gasteiger partial charge in [-0.25, -0.2) is 0 Å². The Morgan fingerprint density at radius 1 is 1.10 bits per heavy atom. The number of methoxy groups -OCH3 is 1. The molecule has 0 aliphatic rings. The van der Waals surface area contributed by atoms with Crippen LogP contribution in [0, 0.1) is 13.8 Å². The summed E-state index contributed by atoms with van der Waals surface area (Å²) in [5.74, 6) is -0.714. The lowest BCUT2D eigenvalue weighted by atomic mass is 10.1. The number of benzene rings is 2. The summed E-state index contributed by atoms with van der Waals surface area (Å²) in [7, 11) is 2.96. The number of amides is 3. The van der Waals surface area contributed by atoms with Gasteiger partial charge in [0.2, 0.25) is 5.91 Å². The Morgan fingerprint density at radius 2 is 1.83 bits per heavy atom. The minimum atomic E-state index is -0.623. The van der Waals surface area contributed by atoms with Crippen molar-refractivity contribution >= 4 is 23.4 Å². The number of nitrogens with zero attached hydrogens (tertiary/aromatic N) is 1. The van der Waals surface area contributed by atoms with Crippen molar-refractivity contribution in [3.63, 3.8) is 0 Å². The van der Waals surface area contributed by atoms with Crippen LogP contribution in [0.5, 0.6) is 11.5 Å². The van der Waals surface area contributed by atoms with Gasteiger partial charge in [0.1, 0.15) is 0 Å². The second kappa shape index (κ2) is 9.59. The predicted octanol–water partition coefficient (Wildman–Crippen LogP) is 1.89. The lowest BCUT2D eigenvalue weighted by Crippen LogP contribution is -2.35. The fourth-order valence-corrected chi connectivity index (χ4v) is 2.65. The fraction of sp³-hybridized carbons (Fsp3) is 0.286. The van der Waals surface area contributed by atoms with E-state index in [9.17, 15) is 14.4 Å². The van der Waals surface area contributed by atoms with Crippen molar-refractivity contribution in [2.75, 3.05) is 32.6 Å². The number of rotatable bonds is 8. The Kier molecular flexibility index (Phi) is 7.19. The lowest BCUT2D eigenvalue weighted by molar-refractivity contribution is -0.120. The summed E-state index contributed by atoms with van der Waals surface area (Å²) in [6.07, 6.45) is 0. The van der Waals surface area contributed by atoms with Crippen LogP contribution in [0.1, 0.15) is 21.5 Å². The molecule has 2 aromatic carbocycles. The Morgan fingerprint density at radius 3 is 2.48 bits per heavy atom. The maximum absolute atomic E-state index is 12.7. The number of nitrogens with two attached hydrogens (primary N) is 1. The Balaban J connectivity index is 2.06. The van der Waals surface area contributed by atoms with Gasteiger partial charge in [0.15, 0.2) is 18.1 Å². The van der Waals surface area contributed by atoms with Crippen LogP contribution >= 0.6 is 0 Å². The third-order valence-electron chi connectivity index (χ3n) is 4.39. The van der Waals surface area contributed by atoms with Crippen molar-refractivity contribution in [2.45, 2.75) is 13.8 Å². The summed E-state index contributed by atoms with van der Waals surface area (Å²) in [4.78, 5) is 37.2. The van der Waals surface area contributed by atoms with Crippen LogP contribution in [-0.2, 0) is 9.59 Å². The van der Waals surface area contributed by atoms with E-state index in [1.165, 1.54) is 37.3 Å². The Hall–Kier alpha value is -3.55. The van der Waals surface area contributed by atoms with E-state index in [0.717, 1.165) is 11.1 Å². The minimum absolute atomic E-state index is 0.117. The van der Waals surface area contributed by atoms with Gasteiger partial charge in [0.05, 0.1) is 13.7 Å². The molecule has 0 aromatic heterocycles. The maximum atomic E-state index is 12.7. The van der Waals surface area contributed by atoms with Gasteiger partial charge in [-0.05, 0) is 49.2 Å². The number of carbonyl (C=O) groups excluding carboxylic acids is 3. The van der Waals surface area contributed by atoms with Gasteiger partial charge in [-0.1, -0.05) is 12.1 Å². The molecule has 3 N–H and O–H groups in total. The number of primary amides is 1. The van der Waals surface area contributed by atoms with E-state index in [0.29, 0.717) is 11.3 Å². The van der Waals surface area contributed by atoms with Gasteiger partial charge in [0, 0.05) is 18.3 Å². The van der Waals surface area contributed by atoms with Gasteiger partial charge in [0.25, 0.3) is 11.8 Å². The highest BCUT2D eigenvalue weighted by Crippen LogP contribution is 2.28. The first-order chi connectivity index (χ1) is 13.7. The van der Waals surface area contributed by atoms with E-state index < -0.39 is 5.91 Å². The lowest BCUT2D eigenvalue weighted by Gasteiger charge is -2.18. The summed E-state index contributed by atoms with van der Waals surface area (Å²) in [5.41, 5.74) is 8.14. The van der Waals surface area contributed by atoms with Crippen LogP contribution in [0.2, 0.25) is 0 Å². The van der Waals surface area contributed by atoms with Crippen molar-refractivity contribution in [1.29, 1.82) is 0 Å². The Labute approximate surface area is 169 Å². The third kappa shape index (κ3) is 5.71. The quantitative estimate of drug-likeness (QED) is 0.704. The van der Waals surface area contributed by atoms with E-state index in [-0.39, 0.29) is 36.5 Å². The summed E-state index contributed by atoms with van der Waals surface area (Å²) in [6, 6.07) is 10.2. The molecule has 154 valence electrons. The number of likely N-dealkylation sites (N-methyl/N-ethyl adjacent to an activating group) is 1. The van der Waals surface area contributed by atoms with E-state index in [2.05, 4.69) is 5.32 Å². The zero-order valence-electron chi connectivity index (χ0n) is 16.9. The van der Waals surface area contributed by atoms with E-state index in [1.54, 1.807) is 0 Å². The van der Waals surface area contributed by atoms with Crippen molar-refractivity contribution < 1.29 is 23.9 Å². The van der Waals surface area contributed by atoms with Crippen LogP contribution in [0.15, 0.2) is 36.4 Å². The maximum Gasteiger partial charge on any atom is 0.255 e. The molecule has 0 aliphatic carbocycles. The molecule has 0 heterocycles. The third-order valence-corrected chi connectivity index (χ3v) is 4.39. The highest BCUT2D eigenvalue weighted by Gasteiger charge is 2.18. The molecule has 29 heavy (non-hydrogen) atoms. The molecule has 3 amide bonds. The molecule has 0 fully saturated rings. The van der Waals surface area contributed by atoms with Gasteiger partial charge in [-0.15, -0.1) is 0 Å². The largest absolute Gasteiger partial charge is 0.493 e. The van der Waals surface area contributed by atoms with Crippen LogP contribution in [0.3, 0.4) is 0 Å². The molecule has 0 radical (unpaired) electrons. The molecule has 0 atom stereocenters. The smallest absolute Gasteiger partial charge is 0.255 e. The molecule has 0 spiro atoms. The topological polar surface area (TPSA) is 111 Å². The van der Waals surface area contributed by atoms with Gasteiger partial charge >= 0.3 is 0 Å². The highest BCUT2D eigenvalue weighted by molar-refractivity contribution is 5.99. The highest BCUT2D eigenvalue weighted by atomic mass is 16.5. The van der Waals surface area contributed by atoms with Gasteiger partial charge < -0.3 is 25.4 Å². The fourth-order valence-electron chi connectivity index (χ4n) is 2.65. The second-order valence-corrected chi connectivity index (χ2v) is 6.58. The van der Waals surface area contributed by atoms with E-state index in [4.69, 9.17) is 15.2 Å².